The topological polar surface area (TPSA) is 29.5 Å². The summed E-state index contributed by atoms with van der Waals surface area (Å²) in [6.45, 7) is 4.98. The van der Waals surface area contributed by atoms with Crippen molar-refractivity contribution < 1.29 is 9.84 Å². The van der Waals surface area contributed by atoms with Gasteiger partial charge in [-0.25, -0.2) is 0 Å². The zero-order chi connectivity index (χ0) is 8.97. The standard InChI is InChI=1S/C10H20O2/c1-8(2)10(11)7-9-5-3-4-6-12-9/h8-11H,3-7H2,1-2H3. The minimum Gasteiger partial charge on any atom is -0.393 e. The molecule has 0 radical (unpaired) electrons. The lowest BCUT2D eigenvalue weighted by molar-refractivity contribution is -0.0239. The van der Waals surface area contributed by atoms with Crippen molar-refractivity contribution in [2.75, 3.05) is 6.61 Å². The van der Waals surface area contributed by atoms with E-state index in [0.29, 0.717) is 12.0 Å². The van der Waals surface area contributed by atoms with Crippen LogP contribution in [0.3, 0.4) is 0 Å². The molecule has 1 N–H and O–H groups in total. The van der Waals surface area contributed by atoms with Crippen LogP contribution in [0, 0.1) is 5.92 Å². The molecule has 0 aliphatic carbocycles. The molecule has 0 aromatic heterocycles. The van der Waals surface area contributed by atoms with E-state index in [1.165, 1.54) is 12.8 Å². The highest BCUT2D eigenvalue weighted by atomic mass is 16.5. The van der Waals surface area contributed by atoms with Crippen LogP contribution in [-0.4, -0.2) is 23.9 Å². The van der Waals surface area contributed by atoms with Gasteiger partial charge in [-0.3, -0.25) is 0 Å². The molecule has 1 saturated heterocycles. The van der Waals surface area contributed by atoms with Crippen LogP contribution in [0.2, 0.25) is 0 Å². The highest BCUT2D eigenvalue weighted by Crippen LogP contribution is 2.19. The molecule has 0 aromatic rings. The smallest absolute Gasteiger partial charge is 0.0599 e. The summed E-state index contributed by atoms with van der Waals surface area (Å²) >= 11 is 0. The summed E-state index contributed by atoms with van der Waals surface area (Å²) in [5.74, 6) is 0.357. The Balaban J connectivity index is 2.20. The van der Waals surface area contributed by atoms with Crippen molar-refractivity contribution in [1.29, 1.82) is 0 Å². The molecule has 1 aliphatic heterocycles. The second kappa shape index (κ2) is 4.83. The Kier molecular flexibility index (Phi) is 4.02. The molecule has 2 nitrogen and oxygen atoms in total. The van der Waals surface area contributed by atoms with E-state index in [9.17, 15) is 5.11 Å². The van der Waals surface area contributed by atoms with Crippen LogP contribution in [0.4, 0.5) is 0 Å². The normalized spacial score (nSPS) is 27.5. The molecule has 0 aromatic carbocycles. The van der Waals surface area contributed by atoms with Gasteiger partial charge in [0.2, 0.25) is 0 Å². The first kappa shape index (κ1) is 10.0. The summed E-state index contributed by atoms with van der Waals surface area (Å²) in [4.78, 5) is 0. The number of hydrogen-bond acceptors (Lipinski definition) is 2. The molecule has 12 heavy (non-hydrogen) atoms. The summed E-state index contributed by atoms with van der Waals surface area (Å²) in [6, 6.07) is 0. The van der Waals surface area contributed by atoms with Gasteiger partial charge in [0.1, 0.15) is 0 Å². The van der Waals surface area contributed by atoms with Gasteiger partial charge in [0.25, 0.3) is 0 Å². The average Bonchev–Trinajstić information content (AvgIpc) is 2.06. The summed E-state index contributed by atoms with van der Waals surface area (Å²) in [5, 5.41) is 9.60. The second-order valence-electron chi connectivity index (χ2n) is 4.04. The largest absolute Gasteiger partial charge is 0.393 e. The van der Waals surface area contributed by atoms with Gasteiger partial charge in [-0.05, 0) is 31.6 Å². The van der Waals surface area contributed by atoms with Crippen LogP contribution in [0.25, 0.3) is 0 Å². The van der Waals surface area contributed by atoms with Crippen molar-refractivity contribution in [2.24, 2.45) is 5.92 Å². The maximum atomic E-state index is 9.60. The third-order valence-corrected chi connectivity index (χ3v) is 2.55. The molecular formula is C10H20O2. The van der Waals surface area contributed by atoms with E-state index in [2.05, 4.69) is 0 Å². The van der Waals surface area contributed by atoms with Gasteiger partial charge < -0.3 is 9.84 Å². The van der Waals surface area contributed by atoms with Crippen molar-refractivity contribution >= 4 is 0 Å². The van der Waals surface area contributed by atoms with Gasteiger partial charge in [0.05, 0.1) is 12.2 Å². The van der Waals surface area contributed by atoms with Gasteiger partial charge in [-0.1, -0.05) is 13.8 Å². The van der Waals surface area contributed by atoms with E-state index in [1.807, 2.05) is 13.8 Å². The van der Waals surface area contributed by atoms with Crippen molar-refractivity contribution in [3.63, 3.8) is 0 Å². The summed E-state index contributed by atoms with van der Waals surface area (Å²) in [7, 11) is 0. The fraction of sp³-hybridized carbons (Fsp3) is 1.00. The van der Waals surface area contributed by atoms with Crippen molar-refractivity contribution in [2.45, 2.75) is 51.7 Å². The molecule has 72 valence electrons. The lowest BCUT2D eigenvalue weighted by Gasteiger charge is -2.26. The van der Waals surface area contributed by atoms with Crippen molar-refractivity contribution in [3.05, 3.63) is 0 Å². The zero-order valence-corrected chi connectivity index (χ0v) is 8.12. The zero-order valence-electron chi connectivity index (χ0n) is 8.12. The number of aliphatic hydroxyl groups excluding tert-OH is 1. The number of rotatable bonds is 3. The van der Waals surface area contributed by atoms with E-state index < -0.39 is 0 Å². The van der Waals surface area contributed by atoms with Crippen LogP contribution < -0.4 is 0 Å². The third-order valence-electron chi connectivity index (χ3n) is 2.55. The molecular weight excluding hydrogens is 152 g/mol. The molecule has 1 heterocycles. The van der Waals surface area contributed by atoms with E-state index in [-0.39, 0.29) is 6.10 Å². The minimum atomic E-state index is -0.187. The maximum absolute atomic E-state index is 9.60. The Morgan fingerprint density at radius 1 is 1.42 bits per heavy atom. The van der Waals surface area contributed by atoms with E-state index in [4.69, 9.17) is 4.74 Å². The molecule has 1 aliphatic rings. The molecule has 0 amide bonds. The van der Waals surface area contributed by atoms with E-state index in [1.54, 1.807) is 0 Å². The predicted octanol–water partition coefficient (Wildman–Crippen LogP) is 1.96. The second-order valence-corrected chi connectivity index (χ2v) is 4.04. The van der Waals surface area contributed by atoms with Gasteiger partial charge >= 0.3 is 0 Å². The highest BCUT2D eigenvalue weighted by molar-refractivity contribution is 4.70. The van der Waals surface area contributed by atoms with Crippen LogP contribution in [0.15, 0.2) is 0 Å². The Labute approximate surface area is 74.9 Å². The Bertz CT molecular complexity index is 117. The van der Waals surface area contributed by atoms with Crippen LogP contribution in [0.5, 0.6) is 0 Å². The van der Waals surface area contributed by atoms with Crippen LogP contribution >= 0.6 is 0 Å². The molecule has 0 bridgehead atoms. The van der Waals surface area contributed by atoms with E-state index >= 15 is 0 Å². The van der Waals surface area contributed by atoms with Gasteiger partial charge in [0, 0.05) is 6.61 Å². The Hall–Kier alpha value is -0.0800. The molecule has 1 fully saturated rings. The molecule has 0 saturated carbocycles. The summed E-state index contributed by atoms with van der Waals surface area (Å²) in [6.07, 6.45) is 4.52. The van der Waals surface area contributed by atoms with Crippen LogP contribution in [0.1, 0.15) is 39.5 Å². The lowest BCUT2D eigenvalue weighted by atomic mass is 9.97. The Morgan fingerprint density at radius 3 is 2.67 bits per heavy atom. The average molecular weight is 172 g/mol. The van der Waals surface area contributed by atoms with Crippen molar-refractivity contribution in [3.8, 4) is 0 Å². The van der Waals surface area contributed by atoms with Crippen LogP contribution in [-0.2, 0) is 4.74 Å². The fourth-order valence-corrected chi connectivity index (χ4v) is 1.53. The SMILES string of the molecule is CC(C)C(O)CC1CCCCO1. The monoisotopic (exact) mass is 172 g/mol. The quantitative estimate of drug-likeness (QED) is 0.705. The fourth-order valence-electron chi connectivity index (χ4n) is 1.53. The first-order valence-corrected chi connectivity index (χ1v) is 5.00. The van der Waals surface area contributed by atoms with E-state index in [0.717, 1.165) is 19.4 Å². The number of ether oxygens (including phenoxy) is 1. The first-order chi connectivity index (χ1) is 5.70. The molecule has 2 heteroatoms. The lowest BCUT2D eigenvalue weighted by Crippen LogP contribution is -2.27. The Morgan fingerprint density at radius 2 is 2.17 bits per heavy atom. The summed E-state index contributed by atoms with van der Waals surface area (Å²) < 4.78 is 5.54. The third kappa shape index (κ3) is 3.11. The minimum absolute atomic E-state index is 0.187. The maximum Gasteiger partial charge on any atom is 0.0599 e. The number of aliphatic hydroxyl groups is 1. The van der Waals surface area contributed by atoms with Crippen molar-refractivity contribution in [1.82, 2.24) is 0 Å². The van der Waals surface area contributed by atoms with Gasteiger partial charge in [-0.2, -0.15) is 0 Å². The first-order valence-electron chi connectivity index (χ1n) is 5.00. The highest BCUT2D eigenvalue weighted by Gasteiger charge is 2.19. The van der Waals surface area contributed by atoms with Gasteiger partial charge in [0.15, 0.2) is 0 Å². The molecule has 2 unspecified atom stereocenters. The van der Waals surface area contributed by atoms with Gasteiger partial charge in [-0.15, -0.1) is 0 Å². The molecule has 1 rings (SSSR count). The molecule has 0 spiro atoms. The molecule has 2 atom stereocenters. The predicted molar refractivity (Wildman–Crippen MR) is 49.1 cm³/mol. The summed E-state index contributed by atoms with van der Waals surface area (Å²) in [5.41, 5.74) is 0. The number of hydrogen-bond donors (Lipinski definition) is 1.